The van der Waals surface area contributed by atoms with Gasteiger partial charge in [0.2, 0.25) is 5.91 Å². The SMILES string of the molecule is COC1CC2C(=O)N(C3CCCCC3)C(=O)N(Cc3cccc(C)c3)C2CC1OC. The number of methoxy groups -OCH3 is 2. The molecule has 3 amide bonds. The van der Waals surface area contributed by atoms with Crippen LogP contribution in [0.5, 0.6) is 0 Å². The van der Waals surface area contributed by atoms with Crippen molar-refractivity contribution in [3.05, 3.63) is 35.4 Å². The highest BCUT2D eigenvalue weighted by Crippen LogP contribution is 2.39. The zero-order valence-corrected chi connectivity index (χ0v) is 18.4. The van der Waals surface area contributed by atoms with E-state index in [4.69, 9.17) is 9.47 Å². The number of ether oxygens (including phenoxy) is 2. The van der Waals surface area contributed by atoms with Crippen molar-refractivity contribution in [2.45, 2.75) is 82.7 Å². The number of hydrogen-bond acceptors (Lipinski definition) is 4. The maximum atomic E-state index is 13.7. The summed E-state index contributed by atoms with van der Waals surface area (Å²) < 4.78 is 11.4. The summed E-state index contributed by atoms with van der Waals surface area (Å²) in [6.45, 7) is 2.58. The third-order valence-electron chi connectivity index (χ3n) is 7.23. The molecule has 0 bridgehead atoms. The molecule has 1 aromatic rings. The zero-order chi connectivity index (χ0) is 21.3. The number of rotatable bonds is 5. The van der Waals surface area contributed by atoms with Crippen molar-refractivity contribution in [1.29, 1.82) is 0 Å². The number of carbonyl (C=O) groups is 2. The van der Waals surface area contributed by atoms with Crippen LogP contribution >= 0.6 is 0 Å². The summed E-state index contributed by atoms with van der Waals surface area (Å²) in [6.07, 6.45) is 6.18. The topological polar surface area (TPSA) is 59.1 Å². The molecule has 6 heteroatoms. The lowest BCUT2D eigenvalue weighted by Crippen LogP contribution is -2.67. The molecule has 0 N–H and O–H groups in total. The molecule has 4 atom stereocenters. The standard InChI is InChI=1S/C24H34N2O4/c1-16-8-7-9-17(12-16)15-25-20-14-22(30-3)21(29-2)13-19(20)23(27)26(24(25)28)18-10-5-4-6-11-18/h7-9,12,18-22H,4-6,10-11,13-15H2,1-3H3. The van der Waals surface area contributed by atoms with Gasteiger partial charge < -0.3 is 14.4 Å². The summed E-state index contributed by atoms with van der Waals surface area (Å²) in [4.78, 5) is 30.8. The first-order valence-corrected chi connectivity index (χ1v) is 11.3. The summed E-state index contributed by atoms with van der Waals surface area (Å²) >= 11 is 0. The number of urea groups is 1. The van der Waals surface area contributed by atoms with Gasteiger partial charge in [0.25, 0.3) is 0 Å². The van der Waals surface area contributed by atoms with Crippen molar-refractivity contribution in [2.75, 3.05) is 14.2 Å². The van der Waals surface area contributed by atoms with E-state index in [0.29, 0.717) is 19.4 Å². The smallest absolute Gasteiger partial charge is 0.327 e. The summed E-state index contributed by atoms with van der Waals surface area (Å²) in [5.41, 5.74) is 2.27. The Morgan fingerprint density at radius 1 is 1.00 bits per heavy atom. The zero-order valence-electron chi connectivity index (χ0n) is 18.4. The van der Waals surface area contributed by atoms with Gasteiger partial charge in [0.05, 0.1) is 18.1 Å². The number of nitrogens with zero attached hydrogens (tertiary/aromatic N) is 2. The molecule has 1 heterocycles. The molecule has 0 aromatic heterocycles. The lowest BCUT2D eigenvalue weighted by atomic mass is 9.77. The normalized spacial score (nSPS) is 30.5. The highest BCUT2D eigenvalue weighted by molar-refractivity contribution is 5.99. The van der Waals surface area contributed by atoms with Gasteiger partial charge in [-0.3, -0.25) is 9.69 Å². The van der Waals surface area contributed by atoms with Crippen LogP contribution in [0, 0.1) is 12.8 Å². The monoisotopic (exact) mass is 414 g/mol. The van der Waals surface area contributed by atoms with E-state index < -0.39 is 0 Å². The first-order valence-electron chi connectivity index (χ1n) is 11.3. The van der Waals surface area contributed by atoms with Crippen LogP contribution in [0.3, 0.4) is 0 Å². The second-order valence-corrected chi connectivity index (χ2v) is 9.09. The fraction of sp³-hybridized carbons (Fsp3) is 0.667. The minimum absolute atomic E-state index is 0.00556. The molecule has 0 radical (unpaired) electrons. The van der Waals surface area contributed by atoms with Crippen LogP contribution < -0.4 is 0 Å². The van der Waals surface area contributed by atoms with Crippen molar-refractivity contribution in [3.63, 3.8) is 0 Å². The predicted molar refractivity (Wildman–Crippen MR) is 114 cm³/mol. The number of hydrogen-bond donors (Lipinski definition) is 0. The number of imide groups is 1. The van der Waals surface area contributed by atoms with E-state index in [0.717, 1.165) is 31.2 Å². The lowest BCUT2D eigenvalue weighted by Gasteiger charge is -2.51. The molecule has 1 saturated heterocycles. The minimum atomic E-state index is -0.231. The largest absolute Gasteiger partial charge is 0.379 e. The van der Waals surface area contributed by atoms with Crippen molar-refractivity contribution in [2.24, 2.45) is 5.92 Å². The van der Waals surface area contributed by atoms with Crippen LogP contribution in [0.15, 0.2) is 24.3 Å². The van der Waals surface area contributed by atoms with E-state index in [1.165, 1.54) is 12.0 Å². The molecule has 1 aromatic carbocycles. The third kappa shape index (κ3) is 4.00. The Hall–Kier alpha value is -1.92. The molecule has 2 saturated carbocycles. The summed E-state index contributed by atoms with van der Waals surface area (Å²) in [5.74, 6) is -0.236. The Kier molecular flexibility index (Phi) is 6.44. The van der Waals surface area contributed by atoms with Gasteiger partial charge in [-0.2, -0.15) is 0 Å². The van der Waals surface area contributed by atoms with Crippen molar-refractivity contribution < 1.29 is 19.1 Å². The fourth-order valence-corrected chi connectivity index (χ4v) is 5.64. The molecule has 4 unspecified atom stereocenters. The van der Waals surface area contributed by atoms with Gasteiger partial charge in [-0.25, -0.2) is 4.79 Å². The molecule has 0 spiro atoms. The molecule has 3 fully saturated rings. The highest BCUT2D eigenvalue weighted by atomic mass is 16.5. The van der Waals surface area contributed by atoms with Gasteiger partial charge in [0.1, 0.15) is 0 Å². The average molecular weight is 415 g/mol. The Balaban J connectivity index is 1.67. The number of amides is 3. The molecule has 2 aliphatic carbocycles. The molecule has 1 aliphatic heterocycles. The Labute approximate surface area is 179 Å². The fourth-order valence-electron chi connectivity index (χ4n) is 5.64. The quantitative estimate of drug-likeness (QED) is 0.733. The van der Waals surface area contributed by atoms with Crippen LogP contribution in [0.25, 0.3) is 0 Å². The van der Waals surface area contributed by atoms with Gasteiger partial charge in [0.15, 0.2) is 0 Å². The molecule has 164 valence electrons. The van der Waals surface area contributed by atoms with Crippen LogP contribution in [-0.4, -0.2) is 60.2 Å². The van der Waals surface area contributed by atoms with Crippen LogP contribution in [0.4, 0.5) is 4.79 Å². The minimum Gasteiger partial charge on any atom is -0.379 e. The maximum absolute atomic E-state index is 13.7. The average Bonchev–Trinajstić information content (AvgIpc) is 2.76. The third-order valence-corrected chi connectivity index (χ3v) is 7.23. The number of carbonyl (C=O) groups excluding carboxylic acids is 2. The van der Waals surface area contributed by atoms with Gasteiger partial charge >= 0.3 is 6.03 Å². The van der Waals surface area contributed by atoms with Crippen LogP contribution in [0.2, 0.25) is 0 Å². The first kappa shape index (κ1) is 21.3. The second kappa shape index (κ2) is 9.06. The lowest BCUT2D eigenvalue weighted by molar-refractivity contribution is -0.154. The second-order valence-electron chi connectivity index (χ2n) is 9.09. The number of fused-ring (bicyclic) bond motifs is 1. The first-order chi connectivity index (χ1) is 14.5. The molecule has 6 nitrogen and oxygen atoms in total. The van der Waals surface area contributed by atoms with Gasteiger partial charge in [-0.05, 0) is 38.2 Å². The van der Waals surface area contributed by atoms with Crippen molar-refractivity contribution in [3.8, 4) is 0 Å². The van der Waals surface area contributed by atoms with Crippen LogP contribution in [-0.2, 0) is 20.8 Å². The summed E-state index contributed by atoms with van der Waals surface area (Å²) in [6, 6.07) is 8.03. The van der Waals surface area contributed by atoms with Crippen LogP contribution in [0.1, 0.15) is 56.1 Å². The van der Waals surface area contributed by atoms with E-state index in [-0.39, 0.29) is 42.1 Å². The van der Waals surface area contributed by atoms with E-state index in [1.807, 2.05) is 11.0 Å². The number of aryl methyl sites for hydroxylation is 1. The Bertz CT molecular complexity index is 776. The van der Waals surface area contributed by atoms with E-state index >= 15 is 0 Å². The molecule has 4 rings (SSSR count). The van der Waals surface area contributed by atoms with E-state index in [2.05, 4.69) is 25.1 Å². The van der Waals surface area contributed by atoms with Gasteiger partial charge in [0, 0.05) is 32.8 Å². The predicted octanol–water partition coefficient (Wildman–Crippen LogP) is 3.90. The Morgan fingerprint density at radius 2 is 1.70 bits per heavy atom. The highest BCUT2D eigenvalue weighted by Gasteiger charge is 2.53. The van der Waals surface area contributed by atoms with E-state index in [1.54, 1.807) is 19.1 Å². The van der Waals surface area contributed by atoms with Crippen molar-refractivity contribution in [1.82, 2.24) is 9.80 Å². The molecule has 3 aliphatic rings. The Morgan fingerprint density at radius 3 is 2.37 bits per heavy atom. The summed E-state index contributed by atoms with van der Waals surface area (Å²) in [5, 5.41) is 0. The van der Waals surface area contributed by atoms with Crippen molar-refractivity contribution >= 4 is 11.9 Å². The van der Waals surface area contributed by atoms with Gasteiger partial charge in [-0.15, -0.1) is 0 Å². The molecular formula is C24H34N2O4. The molecule has 30 heavy (non-hydrogen) atoms. The summed E-state index contributed by atoms with van der Waals surface area (Å²) in [7, 11) is 3.36. The van der Waals surface area contributed by atoms with E-state index in [9.17, 15) is 9.59 Å². The number of benzene rings is 1. The van der Waals surface area contributed by atoms with Gasteiger partial charge in [-0.1, -0.05) is 49.1 Å². The maximum Gasteiger partial charge on any atom is 0.327 e. The molecular weight excluding hydrogens is 380 g/mol.